The van der Waals surface area contributed by atoms with E-state index >= 15 is 0 Å². The van der Waals surface area contributed by atoms with Crippen molar-refractivity contribution in [3.05, 3.63) is 0 Å². The maximum Gasteiger partial charge on any atom is 0.00484 e. The second-order valence-electron chi connectivity index (χ2n) is 4.48. The Balaban J connectivity index is 1.88. The monoisotopic (exact) mass is 154 g/mol. The lowest BCUT2D eigenvalue weighted by molar-refractivity contribution is -0.0264. The van der Waals surface area contributed by atoms with Crippen molar-refractivity contribution in [3.63, 3.8) is 0 Å². The molecule has 0 amide bonds. The highest BCUT2D eigenvalue weighted by Crippen LogP contribution is 2.38. The van der Waals surface area contributed by atoms with Crippen LogP contribution in [-0.2, 0) is 0 Å². The summed E-state index contributed by atoms with van der Waals surface area (Å²) in [4.78, 5) is 4.88. The molecule has 11 heavy (non-hydrogen) atoms. The highest BCUT2D eigenvalue weighted by Gasteiger charge is 2.42. The first kappa shape index (κ1) is 7.56. The molecule has 0 aromatic heterocycles. The van der Waals surface area contributed by atoms with Crippen molar-refractivity contribution in [1.82, 2.24) is 9.80 Å². The standard InChI is InChI=1S/C9H18N2/c1-10-5-3-9(4-6-10)7-11(2)8-9/h3-8H2,1-2H3. The van der Waals surface area contributed by atoms with Crippen LogP contribution in [0.1, 0.15) is 12.8 Å². The first-order chi connectivity index (χ1) is 5.20. The summed E-state index contributed by atoms with van der Waals surface area (Å²) in [6.07, 6.45) is 2.85. The fourth-order valence-electron chi connectivity index (χ4n) is 2.51. The summed E-state index contributed by atoms with van der Waals surface area (Å²) >= 11 is 0. The summed E-state index contributed by atoms with van der Waals surface area (Å²) in [6, 6.07) is 0. The molecule has 2 fully saturated rings. The molecule has 0 saturated carbocycles. The Hall–Kier alpha value is -0.0800. The molecule has 0 atom stereocenters. The minimum Gasteiger partial charge on any atom is -0.306 e. The van der Waals surface area contributed by atoms with Crippen LogP contribution in [0.2, 0.25) is 0 Å². The van der Waals surface area contributed by atoms with Crippen molar-refractivity contribution in [2.75, 3.05) is 40.3 Å². The number of likely N-dealkylation sites (tertiary alicyclic amines) is 2. The van der Waals surface area contributed by atoms with E-state index in [9.17, 15) is 0 Å². The molecule has 2 heteroatoms. The summed E-state index contributed by atoms with van der Waals surface area (Å²) in [5.74, 6) is 0. The first-order valence-corrected chi connectivity index (χ1v) is 4.57. The molecule has 0 aromatic rings. The summed E-state index contributed by atoms with van der Waals surface area (Å²) in [5.41, 5.74) is 0.737. The van der Waals surface area contributed by atoms with Crippen molar-refractivity contribution < 1.29 is 0 Å². The number of rotatable bonds is 0. The maximum absolute atomic E-state index is 2.45. The Bertz CT molecular complexity index is 140. The zero-order chi connectivity index (χ0) is 7.90. The van der Waals surface area contributed by atoms with Crippen molar-refractivity contribution >= 4 is 0 Å². The van der Waals surface area contributed by atoms with Gasteiger partial charge in [-0.2, -0.15) is 0 Å². The van der Waals surface area contributed by atoms with E-state index in [1.807, 2.05) is 0 Å². The lowest BCUT2D eigenvalue weighted by Gasteiger charge is -2.52. The van der Waals surface area contributed by atoms with E-state index in [4.69, 9.17) is 0 Å². The molecular weight excluding hydrogens is 136 g/mol. The molecule has 2 nitrogen and oxygen atoms in total. The topological polar surface area (TPSA) is 6.48 Å². The van der Waals surface area contributed by atoms with Gasteiger partial charge in [-0.1, -0.05) is 0 Å². The van der Waals surface area contributed by atoms with Crippen LogP contribution in [-0.4, -0.2) is 50.1 Å². The van der Waals surface area contributed by atoms with E-state index in [0.717, 1.165) is 5.41 Å². The van der Waals surface area contributed by atoms with Gasteiger partial charge in [0.25, 0.3) is 0 Å². The highest BCUT2D eigenvalue weighted by molar-refractivity contribution is 4.96. The molecule has 0 aliphatic carbocycles. The van der Waals surface area contributed by atoms with Gasteiger partial charge in [0.05, 0.1) is 0 Å². The molecule has 0 N–H and O–H groups in total. The van der Waals surface area contributed by atoms with Gasteiger partial charge in [-0.3, -0.25) is 0 Å². The van der Waals surface area contributed by atoms with E-state index in [0.29, 0.717) is 0 Å². The van der Waals surface area contributed by atoms with Gasteiger partial charge in [0.2, 0.25) is 0 Å². The Morgan fingerprint density at radius 3 is 1.91 bits per heavy atom. The van der Waals surface area contributed by atoms with Gasteiger partial charge in [0.1, 0.15) is 0 Å². The summed E-state index contributed by atoms with van der Waals surface area (Å²) < 4.78 is 0. The molecule has 0 bridgehead atoms. The lowest BCUT2D eigenvalue weighted by atomic mass is 9.72. The zero-order valence-corrected chi connectivity index (χ0v) is 7.64. The van der Waals surface area contributed by atoms with Crippen molar-refractivity contribution in [2.24, 2.45) is 5.41 Å². The third-order valence-electron chi connectivity index (χ3n) is 3.26. The van der Waals surface area contributed by atoms with Gasteiger partial charge in [0.15, 0.2) is 0 Å². The summed E-state index contributed by atoms with van der Waals surface area (Å²) in [6.45, 7) is 5.32. The van der Waals surface area contributed by atoms with Gasteiger partial charge in [-0.15, -0.1) is 0 Å². The SMILES string of the molecule is CN1CCC2(CC1)CN(C)C2. The van der Waals surface area contributed by atoms with Gasteiger partial charge < -0.3 is 9.80 Å². The normalized spacial score (nSPS) is 32.2. The average Bonchev–Trinajstić information content (AvgIpc) is 1.92. The Labute approximate surface area is 69.2 Å². The molecule has 2 aliphatic rings. The van der Waals surface area contributed by atoms with Gasteiger partial charge in [-0.25, -0.2) is 0 Å². The summed E-state index contributed by atoms with van der Waals surface area (Å²) in [5, 5.41) is 0. The van der Waals surface area contributed by atoms with Crippen LogP contribution in [0, 0.1) is 5.41 Å². The van der Waals surface area contributed by atoms with E-state index in [1.54, 1.807) is 0 Å². The third kappa shape index (κ3) is 1.30. The maximum atomic E-state index is 2.45. The Morgan fingerprint density at radius 2 is 1.45 bits per heavy atom. The van der Waals surface area contributed by atoms with Crippen LogP contribution in [0.15, 0.2) is 0 Å². The largest absolute Gasteiger partial charge is 0.306 e. The van der Waals surface area contributed by atoms with Crippen LogP contribution >= 0.6 is 0 Å². The Kier molecular flexibility index (Phi) is 1.69. The van der Waals surface area contributed by atoms with E-state index < -0.39 is 0 Å². The molecule has 64 valence electrons. The van der Waals surface area contributed by atoms with Crippen molar-refractivity contribution in [1.29, 1.82) is 0 Å². The Morgan fingerprint density at radius 1 is 0.909 bits per heavy atom. The quantitative estimate of drug-likeness (QED) is 0.505. The van der Waals surface area contributed by atoms with Gasteiger partial charge >= 0.3 is 0 Å². The van der Waals surface area contributed by atoms with Gasteiger partial charge in [0, 0.05) is 13.1 Å². The minimum absolute atomic E-state index is 0.737. The van der Waals surface area contributed by atoms with Crippen LogP contribution < -0.4 is 0 Å². The number of hydrogen-bond acceptors (Lipinski definition) is 2. The third-order valence-corrected chi connectivity index (χ3v) is 3.26. The fraction of sp³-hybridized carbons (Fsp3) is 1.00. The molecule has 2 saturated heterocycles. The molecule has 2 heterocycles. The van der Waals surface area contributed by atoms with Crippen LogP contribution in [0.5, 0.6) is 0 Å². The fourth-order valence-corrected chi connectivity index (χ4v) is 2.51. The molecule has 0 aromatic carbocycles. The number of nitrogens with zero attached hydrogens (tertiary/aromatic N) is 2. The van der Waals surface area contributed by atoms with E-state index in [1.165, 1.54) is 39.0 Å². The predicted molar refractivity (Wildman–Crippen MR) is 46.7 cm³/mol. The number of piperidine rings is 1. The van der Waals surface area contributed by atoms with Crippen LogP contribution in [0.25, 0.3) is 0 Å². The minimum atomic E-state index is 0.737. The molecule has 0 radical (unpaired) electrons. The zero-order valence-electron chi connectivity index (χ0n) is 7.64. The van der Waals surface area contributed by atoms with Crippen LogP contribution in [0.4, 0.5) is 0 Å². The number of hydrogen-bond donors (Lipinski definition) is 0. The van der Waals surface area contributed by atoms with Crippen LogP contribution in [0.3, 0.4) is 0 Å². The smallest absolute Gasteiger partial charge is 0.00484 e. The highest BCUT2D eigenvalue weighted by atomic mass is 15.2. The van der Waals surface area contributed by atoms with Gasteiger partial charge in [-0.05, 0) is 45.4 Å². The molecule has 1 spiro atoms. The lowest BCUT2D eigenvalue weighted by Crippen LogP contribution is -2.58. The van der Waals surface area contributed by atoms with E-state index in [-0.39, 0.29) is 0 Å². The molecule has 2 aliphatic heterocycles. The first-order valence-electron chi connectivity index (χ1n) is 4.57. The van der Waals surface area contributed by atoms with Crippen molar-refractivity contribution in [2.45, 2.75) is 12.8 Å². The predicted octanol–water partition coefficient (Wildman–Crippen LogP) is 0.644. The molecule has 0 unspecified atom stereocenters. The van der Waals surface area contributed by atoms with E-state index in [2.05, 4.69) is 23.9 Å². The second-order valence-corrected chi connectivity index (χ2v) is 4.48. The van der Waals surface area contributed by atoms with Crippen molar-refractivity contribution in [3.8, 4) is 0 Å². The molecule has 2 rings (SSSR count). The average molecular weight is 154 g/mol. The molecular formula is C9H18N2. The second kappa shape index (κ2) is 2.46. The summed E-state index contributed by atoms with van der Waals surface area (Å²) in [7, 11) is 4.46.